The highest BCUT2D eigenvalue weighted by Crippen LogP contribution is 2.40. The molecule has 3 aliphatic heterocycles. The van der Waals surface area contributed by atoms with Crippen molar-refractivity contribution >= 4 is 17.4 Å². The molecule has 180 valence electrons. The van der Waals surface area contributed by atoms with Crippen LogP contribution in [0.25, 0.3) is 5.57 Å². The van der Waals surface area contributed by atoms with Crippen molar-refractivity contribution in [3.8, 4) is 23.3 Å². The predicted molar refractivity (Wildman–Crippen MR) is 132 cm³/mol. The number of likely N-dealkylation sites (tertiary alicyclic amines) is 1. The summed E-state index contributed by atoms with van der Waals surface area (Å²) in [7, 11) is 0. The Morgan fingerprint density at radius 1 is 1.11 bits per heavy atom. The summed E-state index contributed by atoms with van der Waals surface area (Å²) < 4.78 is 5.93. The van der Waals surface area contributed by atoms with Gasteiger partial charge in [0.15, 0.2) is 0 Å². The van der Waals surface area contributed by atoms with E-state index in [4.69, 9.17) is 10.5 Å². The quantitative estimate of drug-likeness (QED) is 0.591. The molecule has 8 heteroatoms. The summed E-state index contributed by atoms with van der Waals surface area (Å²) in [5.41, 5.74) is 14.1. The molecule has 4 unspecified atom stereocenters. The number of fused-ring (bicyclic) bond motifs is 1. The van der Waals surface area contributed by atoms with Crippen LogP contribution in [0.1, 0.15) is 25.3 Å². The average molecular weight is 472 g/mol. The van der Waals surface area contributed by atoms with Gasteiger partial charge in [-0.25, -0.2) is 5.43 Å². The molecule has 3 heterocycles. The maximum absolute atomic E-state index is 13.0. The molecule has 3 aliphatic rings. The molecule has 2 aromatic rings. The van der Waals surface area contributed by atoms with E-state index in [1.807, 2.05) is 54.6 Å². The number of ether oxygens (including phenoxy) is 1. The van der Waals surface area contributed by atoms with Crippen molar-refractivity contribution in [3.63, 3.8) is 0 Å². The molecule has 8 nitrogen and oxygen atoms in total. The van der Waals surface area contributed by atoms with Gasteiger partial charge in [-0.05, 0) is 61.1 Å². The van der Waals surface area contributed by atoms with Crippen molar-refractivity contribution in [3.05, 3.63) is 66.4 Å². The Kier molecular flexibility index (Phi) is 6.45. The SMILES string of the molecule is CC#CC(=O)N1CCCC(N2C=C(c3ccc(Oc4ccccc4)cc3)C3C(N)NNC(=O)C32)C1. The van der Waals surface area contributed by atoms with Gasteiger partial charge in [-0.2, -0.15) is 0 Å². The highest BCUT2D eigenvalue weighted by atomic mass is 16.5. The molecule has 0 bridgehead atoms. The highest BCUT2D eigenvalue weighted by Gasteiger charge is 2.49. The number of nitrogens with two attached hydrogens (primary N) is 1. The molecule has 0 aliphatic carbocycles. The number of benzene rings is 2. The Labute approximate surface area is 205 Å². The molecular weight excluding hydrogens is 442 g/mol. The average Bonchev–Trinajstić information content (AvgIpc) is 3.30. The van der Waals surface area contributed by atoms with E-state index < -0.39 is 12.2 Å². The summed E-state index contributed by atoms with van der Waals surface area (Å²) in [6.45, 7) is 2.87. The number of carbonyl (C=O) groups excluding carboxylic acids is 2. The molecular formula is C27H29N5O3. The van der Waals surface area contributed by atoms with Crippen LogP contribution in [-0.4, -0.2) is 53.0 Å². The maximum atomic E-state index is 13.0. The first-order valence-electron chi connectivity index (χ1n) is 11.9. The third-order valence-corrected chi connectivity index (χ3v) is 6.83. The van der Waals surface area contributed by atoms with Crippen LogP contribution in [0, 0.1) is 17.8 Å². The van der Waals surface area contributed by atoms with Gasteiger partial charge in [0.05, 0.1) is 6.17 Å². The van der Waals surface area contributed by atoms with Gasteiger partial charge in [0, 0.05) is 31.2 Å². The van der Waals surface area contributed by atoms with Crippen LogP contribution >= 0.6 is 0 Å². The van der Waals surface area contributed by atoms with E-state index in [0.717, 1.165) is 35.5 Å². The second kappa shape index (κ2) is 9.82. The topological polar surface area (TPSA) is 99.9 Å². The number of carbonyl (C=O) groups is 2. The minimum atomic E-state index is -0.446. The maximum Gasteiger partial charge on any atom is 0.298 e. The molecule has 4 atom stereocenters. The lowest BCUT2D eigenvalue weighted by Gasteiger charge is -2.43. The largest absolute Gasteiger partial charge is 0.457 e. The van der Waals surface area contributed by atoms with E-state index in [0.29, 0.717) is 13.1 Å². The predicted octanol–water partition coefficient (Wildman–Crippen LogP) is 2.05. The fourth-order valence-electron chi connectivity index (χ4n) is 5.20. The van der Waals surface area contributed by atoms with Gasteiger partial charge in [0.25, 0.3) is 11.8 Å². The summed E-state index contributed by atoms with van der Waals surface area (Å²) in [6.07, 6.45) is 3.35. The van der Waals surface area contributed by atoms with Crippen LogP contribution in [0.3, 0.4) is 0 Å². The number of nitrogens with zero attached hydrogens (tertiary/aromatic N) is 2. The Balaban J connectivity index is 1.42. The van der Waals surface area contributed by atoms with E-state index in [1.54, 1.807) is 11.8 Å². The fraction of sp³-hybridized carbons (Fsp3) is 0.333. The van der Waals surface area contributed by atoms with Gasteiger partial charge in [0.1, 0.15) is 17.5 Å². The number of hydrogen-bond acceptors (Lipinski definition) is 6. The number of nitrogens with one attached hydrogen (secondary N) is 2. The summed E-state index contributed by atoms with van der Waals surface area (Å²) in [5.74, 6) is 6.31. The molecule has 0 aromatic heterocycles. The number of piperidine rings is 1. The van der Waals surface area contributed by atoms with E-state index >= 15 is 0 Å². The summed E-state index contributed by atoms with van der Waals surface area (Å²) >= 11 is 0. The van der Waals surface area contributed by atoms with E-state index in [9.17, 15) is 9.59 Å². The number of hydrogen-bond donors (Lipinski definition) is 3. The second-order valence-corrected chi connectivity index (χ2v) is 9.02. The number of amides is 2. The van der Waals surface area contributed by atoms with Crippen LogP contribution in [-0.2, 0) is 9.59 Å². The van der Waals surface area contributed by atoms with Crippen molar-refractivity contribution in [2.75, 3.05) is 13.1 Å². The normalized spacial score (nSPS) is 25.7. The Morgan fingerprint density at radius 2 is 1.86 bits per heavy atom. The molecule has 0 radical (unpaired) electrons. The monoisotopic (exact) mass is 471 g/mol. The summed E-state index contributed by atoms with van der Waals surface area (Å²) in [5, 5.41) is 0. The lowest BCUT2D eigenvalue weighted by atomic mass is 9.86. The van der Waals surface area contributed by atoms with Crippen molar-refractivity contribution in [1.29, 1.82) is 0 Å². The number of hydrazine groups is 1. The van der Waals surface area contributed by atoms with Crippen molar-refractivity contribution < 1.29 is 14.3 Å². The molecule has 2 amide bonds. The molecule has 0 spiro atoms. The van der Waals surface area contributed by atoms with Crippen LogP contribution < -0.4 is 21.3 Å². The first-order valence-corrected chi connectivity index (χ1v) is 11.9. The smallest absolute Gasteiger partial charge is 0.298 e. The van der Waals surface area contributed by atoms with E-state index in [1.165, 1.54) is 0 Å². The van der Waals surface area contributed by atoms with Gasteiger partial charge in [-0.3, -0.25) is 15.0 Å². The van der Waals surface area contributed by atoms with Crippen molar-refractivity contribution in [2.45, 2.75) is 38.0 Å². The van der Waals surface area contributed by atoms with Crippen LogP contribution in [0.2, 0.25) is 0 Å². The molecule has 5 rings (SSSR count). The molecule has 2 saturated heterocycles. The van der Waals surface area contributed by atoms with Crippen molar-refractivity contribution in [2.24, 2.45) is 11.7 Å². The Hall–Kier alpha value is -3.80. The van der Waals surface area contributed by atoms with Gasteiger partial charge in [-0.1, -0.05) is 36.3 Å². The fourth-order valence-corrected chi connectivity index (χ4v) is 5.20. The molecule has 0 saturated carbocycles. The van der Waals surface area contributed by atoms with Crippen molar-refractivity contribution in [1.82, 2.24) is 20.7 Å². The molecule has 35 heavy (non-hydrogen) atoms. The third-order valence-electron chi connectivity index (χ3n) is 6.83. The molecule has 4 N–H and O–H groups in total. The zero-order valence-corrected chi connectivity index (χ0v) is 19.6. The minimum Gasteiger partial charge on any atom is -0.457 e. The van der Waals surface area contributed by atoms with Gasteiger partial charge in [-0.15, -0.1) is 0 Å². The van der Waals surface area contributed by atoms with E-state index in [-0.39, 0.29) is 23.8 Å². The molecule has 2 aromatic carbocycles. The minimum absolute atomic E-state index is 0.00749. The standard InChI is InChI=1S/C27H29N5O3/c1-2-7-23(33)31-15-6-8-19(16-31)32-17-22(24-25(32)27(34)30-29-26(24)28)18-11-13-21(14-12-18)35-20-9-4-3-5-10-20/h3-5,9-14,17,19,24-26,29H,6,8,15-16,28H2,1H3,(H,30,34). The first-order chi connectivity index (χ1) is 17.0. The summed E-state index contributed by atoms with van der Waals surface area (Å²) in [6, 6.07) is 17.0. The second-order valence-electron chi connectivity index (χ2n) is 9.02. The van der Waals surface area contributed by atoms with Crippen LogP contribution in [0.15, 0.2) is 60.8 Å². The lowest BCUT2D eigenvalue weighted by molar-refractivity contribution is -0.132. The third kappa shape index (κ3) is 4.61. The van der Waals surface area contributed by atoms with Crippen LogP contribution in [0.4, 0.5) is 0 Å². The highest BCUT2D eigenvalue weighted by molar-refractivity contribution is 5.93. The van der Waals surface area contributed by atoms with Gasteiger partial charge < -0.3 is 20.3 Å². The van der Waals surface area contributed by atoms with E-state index in [2.05, 4.69) is 33.8 Å². The number of para-hydroxylation sites is 1. The zero-order chi connectivity index (χ0) is 24.4. The molecule has 2 fully saturated rings. The van der Waals surface area contributed by atoms with Gasteiger partial charge >= 0.3 is 0 Å². The summed E-state index contributed by atoms with van der Waals surface area (Å²) in [4.78, 5) is 29.3. The Morgan fingerprint density at radius 3 is 2.60 bits per heavy atom. The number of rotatable bonds is 4. The zero-order valence-electron chi connectivity index (χ0n) is 19.6. The first kappa shape index (κ1) is 23.0. The van der Waals surface area contributed by atoms with Crippen LogP contribution in [0.5, 0.6) is 11.5 Å². The lowest BCUT2D eigenvalue weighted by Crippen LogP contribution is -2.67. The van der Waals surface area contributed by atoms with Gasteiger partial charge in [0.2, 0.25) is 0 Å². The Bertz CT molecular complexity index is 1180.